The molecule has 0 saturated carbocycles. The molecule has 2 rings (SSSR count). The monoisotopic (exact) mass is 300 g/mol. The molecule has 0 bridgehead atoms. The SMILES string of the molecule is CCOC(=O)C1CNCCN1c1cnn(C)c(=O)c1Cl. The number of esters is 1. The number of carbonyl (C=O) groups excluding carboxylic acids is 1. The topological polar surface area (TPSA) is 76.5 Å². The van der Waals surface area contributed by atoms with Gasteiger partial charge in [-0.15, -0.1) is 0 Å². The van der Waals surface area contributed by atoms with Crippen molar-refractivity contribution in [3.63, 3.8) is 0 Å². The number of ether oxygens (including phenoxy) is 1. The van der Waals surface area contributed by atoms with E-state index in [1.807, 2.05) is 0 Å². The molecule has 0 aromatic carbocycles. The summed E-state index contributed by atoms with van der Waals surface area (Å²) in [6.45, 7) is 3.76. The molecule has 0 radical (unpaired) electrons. The molecule has 1 saturated heterocycles. The van der Waals surface area contributed by atoms with Crippen molar-refractivity contribution in [1.29, 1.82) is 0 Å². The van der Waals surface area contributed by atoms with E-state index in [0.29, 0.717) is 31.9 Å². The molecular weight excluding hydrogens is 284 g/mol. The van der Waals surface area contributed by atoms with Gasteiger partial charge in [0.05, 0.1) is 18.5 Å². The summed E-state index contributed by atoms with van der Waals surface area (Å²) in [5, 5.41) is 7.16. The predicted molar refractivity (Wildman–Crippen MR) is 75.1 cm³/mol. The number of hydrogen-bond donors (Lipinski definition) is 1. The Morgan fingerprint density at radius 2 is 2.40 bits per heavy atom. The van der Waals surface area contributed by atoms with E-state index in [1.165, 1.54) is 13.2 Å². The number of halogens is 1. The van der Waals surface area contributed by atoms with Crippen LogP contribution in [-0.2, 0) is 16.6 Å². The van der Waals surface area contributed by atoms with Gasteiger partial charge in [-0.3, -0.25) is 4.79 Å². The number of aryl methyl sites for hydroxylation is 1. The Balaban J connectivity index is 2.35. The summed E-state index contributed by atoms with van der Waals surface area (Å²) in [6.07, 6.45) is 1.50. The third-order valence-corrected chi connectivity index (χ3v) is 3.53. The maximum Gasteiger partial charge on any atom is 0.330 e. The summed E-state index contributed by atoms with van der Waals surface area (Å²) in [6, 6.07) is -0.505. The average Bonchev–Trinajstić information content (AvgIpc) is 2.45. The maximum atomic E-state index is 12.0. The van der Waals surface area contributed by atoms with Gasteiger partial charge in [-0.2, -0.15) is 5.10 Å². The zero-order valence-electron chi connectivity index (χ0n) is 11.4. The quantitative estimate of drug-likeness (QED) is 0.778. The number of aromatic nitrogens is 2. The van der Waals surface area contributed by atoms with Crippen LogP contribution in [0.5, 0.6) is 0 Å². The highest BCUT2D eigenvalue weighted by molar-refractivity contribution is 6.33. The highest BCUT2D eigenvalue weighted by Gasteiger charge is 2.32. The Bertz CT molecular complexity index is 560. The highest BCUT2D eigenvalue weighted by Crippen LogP contribution is 2.24. The first-order chi connectivity index (χ1) is 9.56. The molecule has 1 N–H and O–H groups in total. The van der Waals surface area contributed by atoms with Crippen LogP contribution in [0.4, 0.5) is 5.69 Å². The minimum atomic E-state index is -0.505. The van der Waals surface area contributed by atoms with Crippen LogP contribution in [0.25, 0.3) is 0 Å². The first kappa shape index (κ1) is 14.8. The number of rotatable bonds is 3. The van der Waals surface area contributed by atoms with Crippen molar-refractivity contribution in [2.45, 2.75) is 13.0 Å². The number of piperazine rings is 1. The van der Waals surface area contributed by atoms with Crippen LogP contribution in [0.1, 0.15) is 6.92 Å². The molecule has 0 aliphatic carbocycles. The molecule has 1 aromatic heterocycles. The van der Waals surface area contributed by atoms with Gasteiger partial charge in [0.25, 0.3) is 5.56 Å². The van der Waals surface area contributed by atoms with Gasteiger partial charge >= 0.3 is 5.97 Å². The number of anilines is 1. The summed E-state index contributed by atoms with van der Waals surface area (Å²) < 4.78 is 6.22. The zero-order valence-corrected chi connectivity index (χ0v) is 12.2. The van der Waals surface area contributed by atoms with Crippen LogP contribution in [0.3, 0.4) is 0 Å². The number of nitrogens with zero attached hydrogens (tertiary/aromatic N) is 3. The number of hydrogen-bond acceptors (Lipinski definition) is 6. The van der Waals surface area contributed by atoms with Crippen molar-refractivity contribution in [3.05, 3.63) is 21.6 Å². The van der Waals surface area contributed by atoms with Crippen LogP contribution in [0.2, 0.25) is 5.02 Å². The van der Waals surface area contributed by atoms with Crippen molar-refractivity contribution in [3.8, 4) is 0 Å². The fraction of sp³-hybridized carbons (Fsp3) is 0.583. The first-order valence-corrected chi connectivity index (χ1v) is 6.79. The molecule has 1 atom stereocenters. The minimum Gasteiger partial charge on any atom is -0.464 e. The standard InChI is InChI=1S/C12H17ClN4O3/c1-3-20-12(19)9-6-14-4-5-17(9)8-7-15-16(2)11(18)10(8)13/h7,9,14H,3-6H2,1-2H3. The van der Waals surface area contributed by atoms with Gasteiger partial charge in [0, 0.05) is 26.7 Å². The first-order valence-electron chi connectivity index (χ1n) is 6.42. The lowest BCUT2D eigenvalue weighted by Gasteiger charge is -2.36. The molecule has 2 heterocycles. The Hall–Kier alpha value is -1.60. The maximum absolute atomic E-state index is 12.0. The summed E-state index contributed by atoms with van der Waals surface area (Å²) >= 11 is 6.09. The molecule has 0 spiro atoms. The van der Waals surface area contributed by atoms with Gasteiger partial charge in [0.2, 0.25) is 0 Å². The molecule has 1 aromatic rings. The molecular formula is C12H17ClN4O3. The molecule has 8 heteroatoms. The predicted octanol–water partition coefficient (Wildman–Crippen LogP) is -0.225. The summed E-state index contributed by atoms with van der Waals surface area (Å²) in [7, 11) is 1.53. The minimum absolute atomic E-state index is 0.0682. The van der Waals surface area contributed by atoms with Crippen LogP contribution >= 0.6 is 11.6 Å². The Kier molecular flexibility index (Phi) is 4.61. The van der Waals surface area contributed by atoms with Crippen molar-refractivity contribution in [1.82, 2.24) is 15.1 Å². The van der Waals surface area contributed by atoms with Gasteiger partial charge in [0.1, 0.15) is 11.1 Å². The van der Waals surface area contributed by atoms with Gasteiger partial charge in [-0.25, -0.2) is 9.48 Å². The highest BCUT2D eigenvalue weighted by atomic mass is 35.5. The van der Waals surface area contributed by atoms with E-state index >= 15 is 0 Å². The van der Waals surface area contributed by atoms with Crippen LogP contribution in [-0.4, -0.2) is 48.0 Å². The second kappa shape index (κ2) is 6.23. The van der Waals surface area contributed by atoms with Crippen LogP contribution in [0.15, 0.2) is 11.0 Å². The molecule has 1 unspecified atom stereocenters. The molecule has 1 aliphatic heterocycles. The average molecular weight is 301 g/mol. The lowest BCUT2D eigenvalue weighted by Crippen LogP contribution is -2.56. The largest absolute Gasteiger partial charge is 0.464 e. The molecule has 7 nitrogen and oxygen atoms in total. The molecule has 0 amide bonds. The molecule has 1 fully saturated rings. The molecule has 20 heavy (non-hydrogen) atoms. The lowest BCUT2D eigenvalue weighted by molar-refractivity contribution is -0.144. The van der Waals surface area contributed by atoms with E-state index in [0.717, 1.165) is 4.68 Å². The molecule has 1 aliphatic rings. The van der Waals surface area contributed by atoms with Gasteiger partial charge < -0.3 is 15.0 Å². The fourth-order valence-corrected chi connectivity index (χ4v) is 2.42. The summed E-state index contributed by atoms with van der Waals surface area (Å²) in [5.41, 5.74) is 0.0830. The van der Waals surface area contributed by atoms with E-state index < -0.39 is 6.04 Å². The van der Waals surface area contributed by atoms with Crippen LogP contribution < -0.4 is 15.8 Å². The second-order valence-electron chi connectivity index (χ2n) is 4.44. The summed E-state index contributed by atoms with van der Waals surface area (Å²) in [4.78, 5) is 25.6. The van der Waals surface area contributed by atoms with E-state index in [1.54, 1.807) is 11.8 Å². The van der Waals surface area contributed by atoms with Crippen molar-refractivity contribution < 1.29 is 9.53 Å². The molecule has 110 valence electrons. The van der Waals surface area contributed by atoms with E-state index in [-0.39, 0.29) is 16.6 Å². The number of carbonyl (C=O) groups is 1. The second-order valence-corrected chi connectivity index (χ2v) is 4.82. The van der Waals surface area contributed by atoms with Gasteiger partial charge in [0.15, 0.2) is 0 Å². The smallest absolute Gasteiger partial charge is 0.330 e. The Morgan fingerprint density at radius 3 is 3.10 bits per heavy atom. The van der Waals surface area contributed by atoms with Gasteiger partial charge in [-0.05, 0) is 6.92 Å². The number of nitrogens with one attached hydrogen (secondary N) is 1. The fourth-order valence-electron chi connectivity index (χ4n) is 2.14. The van der Waals surface area contributed by atoms with Crippen molar-refractivity contribution in [2.75, 3.05) is 31.1 Å². The van der Waals surface area contributed by atoms with E-state index in [2.05, 4.69) is 10.4 Å². The van der Waals surface area contributed by atoms with Crippen molar-refractivity contribution in [2.24, 2.45) is 7.05 Å². The third-order valence-electron chi connectivity index (χ3n) is 3.17. The third kappa shape index (κ3) is 2.78. The Morgan fingerprint density at radius 1 is 1.65 bits per heavy atom. The lowest BCUT2D eigenvalue weighted by atomic mass is 10.1. The summed E-state index contributed by atoms with van der Waals surface area (Å²) in [5.74, 6) is -0.337. The van der Waals surface area contributed by atoms with Crippen LogP contribution in [0, 0.1) is 0 Å². The van der Waals surface area contributed by atoms with E-state index in [4.69, 9.17) is 16.3 Å². The zero-order chi connectivity index (χ0) is 14.7. The van der Waals surface area contributed by atoms with Gasteiger partial charge in [-0.1, -0.05) is 11.6 Å². The normalized spacial score (nSPS) is 18.9. The van der Waals surface area contributed by atoms with E-state index in [9.17, 15) is 9.59 Å². The van der Waals surface area contributed by atoms with Crippen molar-refractivity contribution >= 4 is 23.3 Å². The Labute approximate surface area is 121 Å².